The molecule has 1 amide bonds. The summed E-state index contributed by atoms with van der Waals surface area (Å²) in [6.45, 7) is -2.06. The molecule has 0 aromatic heterocycles. The van der Waals surface area contributed by atoms with Crippen molar-refractivity contribution in [3.63, 3.8) is 0 Å². The van der Waals surface area contributed by atoms with Gasteiger partial charge in [0.25, 0.3) is 5.91 Å². The largest absolute Gasteiger partial charge is 0.435 e. The molecule has 0 spiro atoms. The van der Waals surface area contributed by atoms with Gasteiger partial charge in [-0.3, -0.25) is 4.79 Å². The quantitative estimate of drug-likeness (QED) is 0.849. The molecular formula is C11H14F2N2O2. The van der Waals surface area contributed by atoms with Crippen molar-refractivity contribution in [2.45, 2.75) is 6.61 Å². The SMILES string of the molecule is CN(CCN)C(=O)c1ccc(OC(F)F)cc1. The smallest absolute Gasteiger partial charge is 0.387 e. The van der Waals surface area contributed by atoms with Crippen LogP contribution in [0.1, 0.15) is 10.4 Å². The average molecular weight is 244 g/mol. The van der Waals surface area contributed by atoms with E-state index in [4.69, 9.17) is 5.73 Å². The number of nitrogens with zero attached hydrogens (tertiary/aromatic N) is 1. The lowest BCUT2D eigenvalue weighted by molar-refractivity contribution is -0.0498. The number of likely N-dealkylation sites (N-methyl/N-ethyl adjacent to an activating group) is 1. The van der Waals surface area contributed by atoms with Crippen LogP contribution in [0.4, 0.5) is 8.78 Å². The highest BCUT2D eigenvalue weighted by molar-refractivity contribution is 5.94. The molecule has 6 heteroatoms. The molecule has 0 unspecified atom stereocenters. The van der Waals surface area contributed by atoms with Gasteiger partial charge in [-0.15, -0.1) is 0 Å². The Balaban J connectivity index is 2.70. The topological polar surface area (TPSA) is 55.6 Å². The number of nitrogens with two attached hydrogens (primary N) is 1. The minimum absolute atomic E-state index is 0.0260. The number of alkyl halides is 2. The number of carbonyl (C=O) groups excluding carboxylic acids is 1. The summed E-state index contributed by atoms with van der Waals surface area (Å²) in [5.74, 6) is -0.183. The van der Waals surface area contributed by atoms with Gasteiger partial charge < -0.3 is 15.4 Å². The molecule has 1 aromatic rings. The monoisotopic (exact) mass is 244 g/mol. The minimum Gasteiger partial charge on any atom is -0.435 e. The predicted molar refractivity (Wildman–Crippen MR) is 59.1 cm³/mol. The molecule has 17 heavy (non-hydrogen) atoms. The Bertz CT molecular complexity index is 368. The summed E-state index contributed by atoms with van der Waals surface area (Å²) < 4.78 is 28.0. The summed E-state index contributed by atoms with van der Waals surface area (Å²) in [6.07, 6.45) is 0. The number of halogens is 2. The summed E-state index contributed by atoms with van der Waals surface area (Å²) in [4.78, 5) is 13.2. The molecular weight excluding hydrogens is 230 g/mol. The molecule has 0 fully saturated rings. The van der Waals surface area contributed by atoms with Crippen molar-refractivity contribution >= 4 is 5.91 Å². The number of rotatable bonds is 5. The van der Waals surface area contributed by atoms with Crippen LogP contribution >= 0.6 is 0 Å². The van der Waals surface area contributed by atoms with Crippen LogP contribution in [-0.4, -0.2) is 37.6 Å². The molecule has 4 nitrogen and oxygen atoms in total. The fourth-order valence-corrected chi connectivity index (χ4v) is 1.29. The molecule has 1 rings (SSSR count). The second kappa shape index (κ2) is 6.15. The van der Waals surface area contributed by atoms with Crippen molar-refractivity contribution < 1.29 is 18.3 Å². The van der Waals surface area contributed by atoms with E-state index >= 15 is 0 Å². The van der Waals surface area contributed by atoms with Gasteiger partial charge in [-0.05, 0) is 24.3 Å². The second-order valence-corrected chi connectivity index (χ2v) is 3.42. The Morgan fingerprint density at radius 3 is 2.47 bits per heavy atom. The molecule has 0 heterocycles. The zero-order valence-electron chi connectivity index (χ0n) is 9.40. The molecule has 0 saturated carbocycles. The van der Waals surface area contributed by atoms with Crippen LogP contribution in [-0.2, 0) is 0 Å². The highest BCUT2D eigenvalue weighted by Crippen LogP contribution is 2.15. The van der Waals surface area contributed by atoms with Gasteiger partial charge in [0.05, 0.1) is 0 Å². The van der Waals surface area contributed by atoms with Gasteiger partial charge >= 0.3 is 6.61 Å². The summed E-state index contributed by atoms with van der Waals surface area (Å²) in [7, 11) is 1.62. The Labute approximate surface area is 98.0 Å². The molecule has 0 atom stereocenters. The molecule has 0 bridgehead atoms. The van der Waals surface area contributed by atoms with E-state index in [0.29, 0.717) is 18.7 Å². The maximum atomic E-state index is 11.9. The third-order valence-corrected chi connectivity index (χ3v) is 2.14. The Morgan fingerprint density at radius 2 is 2.00 bits per heavy atom. The number of hydrogen-bond acceptors (Lipinski definition) is 3. The first kappa shape index (κ1) is 13.4. The Morgan fingerprint density at radius 1 is 1.41 bits per heavy atom. The molecule has 94 valence electrons. The van der Waals surface area contributed by atoms with E-state index in [1.807, 2.05) is 0 Å². The van der Waals surface area contributed by atoms with Gasteiger partial charge in [0.2, 0.25) is 0 Å². The zero-order valence-corrected chi connectivity index (χ0v) is 9.40. The second-order valence-electron chi connectivity index (χ2n) is 3.42. The van der Waals surface area contributed by atoms with Gasteiger partial charge in [0.15, 0.2) is 0 Å². The standard InChI is InChI=1S/C11H14F2N2O2/c1-15(7-6-14)10(16)8-2-4-9(5-3-8)17-11(12)13/h2-5,11H,6-7,14H2,1H3. The van der Waals surface area contributed by atoms with Gasteiger partial charge in [0, 0.05) is 25.7 Å². The first-order valence-corrected chi connectivity index (χ1v) is 5.05. The molecule has 2 N–H and O–H groups in total. The van der Waals surface area contributed by atoms with Crippen LogP contribution in [0, 0.1) is 0 Å². The van der Waals surface area contributed by atoms with Crippen molar-refractivity contribution in [3.05, 3.63) is 29.8 Å². The number of carbonyl (C=O) groups is 1. The lowest BCUT2D eigenvalue weighted by Crippen LogP contribution is -2.31. The minimum atomic E-state index is -2.86. The average Bonchev–Trinajstić information content (AvgIpc) is 2.28. The summed E-state index contributed by atoms with van der Waals surface area (Å²) in [6, 6.07) is 5.53. The van der Waals surface area contributed by atoms with Gasteiger partial charge in [-0.2, -0.15) is 8.78 Å². The van der Waals surface area contributed by atoms with E-state index in [0.717, 1.165) is 0 Å². The third kappa shape index (κ3) is 3.99. The van der Waals surface area contributed by atoms with Crippen LogP contribution < -0.4 is 10.5 Å². The summed E-state index contributed by atoms with van der Waals surface area (Å²) >= 11 is 0. The lowest BCUT2D eigenvalue weighted by atomic mass is 10.2. The van der Waals surface area contributed by atoms with E-state index in [9.17, 15) is 13.6 Å². The number of hydrogen-bond donors (Lipinski definition) is 1. The molecule has 1 aromatic carbocycles. The Kier molecular flexibility index (Phi) is 4.84. The fraction of sp³-hybridized carbons (Fsp3) is 0.364. The molecule has 0 saturated heterocycles. The number of amides is 1. The van der Waals surface area contributed by atoms with Crippen molar-refractivity contribution in [1.82, 2.24) is 4.90 Å². The van der Waals surface area contributed by atoms with E-state index in [1.165, 1.54) is 29.2 Å². The van der Waals surface area contributed by atoms with Crippen molar-refractivity contribution in [1.29, 1.82) is 0 Å². The molecule has 0 aliphatic rings. The number of benzene rings is 1. The Hall–Kier alpha value is -1.69. The van der Waals surface area contributed by atoms with Crippen LogP contribution in [0.3, 0.4) is 0 Å². The summed E-state index contributed by atoms with van der Waals surface area (Å²) in [5, 5.41) is 0. The molecule has 0 aliphatic carbocycles. The van der Waals surface area contributed by atoms with Crippen LogP contribution in [0.2, 0.25) is 0 Å². The fourth-order valence-electron chi connectivity index (χ4n) is 1.29. The van der Waals surface area contributed by atoms with E-state index in [2.05, 4.69) is 4.74 Å². The summed E-state index contributed by atoms with van der Waals surface area (Å²) in [5.41, 5.74) is 5.73. The maximum Gasteiger partial charge on any atom is 0.387 e. The maximum absolute atomic E-state index is 11.9. The van der Waals surface area contributed by atoms with Gasteiger partial charge in [-0.1, -0.05) is 0 Å². The zero-order chi connectivity index (χ0) is 12.8. The van der Waals surface area contributed by atoms with Crippen LogP contribution in [0.15, 0.2) is 24.3 Å². The molecule has 0 aliphatic heterocycles. The van der Waals surface area contributed by atoms with Crippen molar-refractivity contribution in [2.24, 2.45) is 5.73 Å². The highest BCUT2D eigenvalue weighted by atomic mass is 19.3. The highest BCUT2D eigenvalue weighted by Gasteiger charge is 2.11. The van der Waals surface area contributed by atoms with Crippen molar-refractivity contribution in [2.75, 3.05) is 20.1 Å². The third-order valence-electron chi connectivity index (χ3n) is 2.14. The van der Waals surface area contributed by atoms with Crippen LogP contribution in [0.25, 0.3) is 0 Å². The van der Waals surface area contributed by atoms with E-state index in [1.54, 1.807) is 7.05 Å². The first-order chi connectivity index (χ1) is 8.04. The van der Waals surface area contributed by atoms with Crippen LogP contribution in [0.5, 0.6) is 5.75 Å². The number of ether oxygens (including phenoxy) is 1. The van der Waals surface area contributed by atoms with E-state index in [-0.39, 0.29) is 11.7 Å². The van der Waals surface area contributed by atoms with Gasteiger partial charge in [0.1, 0.15) is 5.75 Å². The van der Waals surface area contributed by atoms with E-state index < -0.39 is 6.61 Å². The molecule has 0 radical (unpaired) electrons. The first-order valence-electron chi connectivity index (χ1n) is 5.05. The normalized spacial score (nSPS) is 10.4. The van der Waals surface area contributed by atoms with Gasteiger partial charge in [-0.25, -0.2) is 0 Å². The predicted octanol–water partition coefficient (Wildman–Crippen LogP) is 1.32. The van der Waals surface area contributed by atoms with Crippen molar-refractivity contribution in [3.8, 4) is 5.75 Å². The lowest BCUT2D eigenvalue weighted by Gasteiger charge is -2.16.